The highest BCUT2D eigenvalue weighted by atomic mass is 16.5. The molecule has 0 spiro atoms. The summed E-state index contributed by atoms with van der Waals surface area (Å²) < 4.78 is 5.17. The maximum atomic E-state index is 10.9. The molecule has 2 aromatic carbocycles. The summed E-state index contributed by atoms with van der Waals surface area (Å²) in [6, 6.07) is 19.1. The first-order valence-corrected chi connectivity index (χ1v) is 21.9. The van der Waals surface area contributed by atoms with Gasteiger partial charge in [0.1, 0.15) is 6.29 Å². The van der Waals surface area contributed by atoms with Gasteiger partial charge in [0.15, 0.2) is 0 Å². The minimum Gasteiger partial charge on any atom is -0.504 e. The highest BCUT2D eigenvalue weighted by Gasteiger charge is 2.24. The average molecular weight is 711 g/mol. The van der Waals surface area contributed by atoms with Gasteiger partial charge in [0, 0.05) is 5.92 Å². The first kappa shape index (κ1) is 42.4. The third-order valence-electron chi connectivity index (χ3n) is 13.8. The number of benzene rings is 2. The summed E-state index contributed by atoms with van der Waals surface area (Å²) in [5, 5.41) is 0. The molecule has 290 valence electrons. The Labute approximate surface area is 321 Å². The van der Waals surface area contributed by atoms with Crippen LogP contribution in [0.15, 0.2) is 60.4 Å². The fraction of sp³-hybridized carbons (Fsp3) is 0.700. The molecule has 4 aliphatic carbocycles. The maximum Gasteiger partial charge on any atom is 0.123 e. The number of hydrogen-bond acceptors (Lipinski definition) is 2. The van der Waals surface area contributed by atoms with Gasteiger partial charge in [0.05, 0.1) is 13.4 Å². The van der Waals surface area contributed by atoms with Crippen molar-refractivity contribution in [2.45, 2.75) is 187 Å². The summed E-state index contributed by atoms with van der Waals surface area (Å²) in [5.74, 6) is 5.74. The molecule has 0 radical (unpaired) electrons. The quantitative estimate of drug-likeness (QED) is 0.144. The second-order valence-electron chi connectivity index (χ2n) is 17.4. The van der Waals surface area contributed by atoms with Crippen molar-refractivity contribution in [2.24, 2.45) is 29.6 Å². The SMILES string of the molecule is C.CCCC1CCC(CCc2ccc(C3CCC(=COC)CC3)cc2)CC1.CCCC1CCC(CCc2ccc(C3CCC(C=O)CC3)cc2)CC1. The Bertz CT molecular complexity index is 1240. The van der Waals surface area contributed by atoms with E-state index in [1.165, 1.54) is 158 Å². The zero-order valence-corrected chi connectivity index (χ0v) is 33.1. The van der Waals surface area contributed by atoms with Gasteiger partial charge < -0.3 is 9.53 Å². The third kappa shape index (κ3) is 13.8. The van der Waals surface area contributed by atoms with Crippen molar-refractivity contribution in [3.05, 3.63) is 82.6 Å². The van der Waals surface area contributed by atoms with E-state index in [-0.39, 0.29) is 7.43 Å². The second kappa shape index (κ2) is 23.4. The van der Waals surface area contributed by atoms with Gasteiger partial charge in [-0.15, -0.1) is 0 Å². The summed E-state index contributed by atoms with van der Waals surface area (Å²) in [5.41, 5.74) is 7.58. The lowest BCUT2D eigenvalue weighted by Crippen LogP contribution is -2.15. The third-order valence-corrected chi connectivity index (χ3v) is 13.8. The van der Waals surface area contributed by atoms with Crippen LogP contribution in [-0.2, 0) is 22.4 Å². The molecule has 0 saturated heterocycles. The Morgan fingerprint density at radius 2 is 0.923 bits per heavy atom. The molecule has 0 bridgehead atoms. The van der Waals surface area contributed by atoms with Gasteiger partial charge in [0.2, 0.25) is 0 Å². The minimum atomic E-state index is 0. The van der Waals surface area contributed by atoms with Crippen LogP contribution in [-0.4, -0.2) is 13.4 Å². The molecule has 0 aromatic heterocycles. The van der Waals surface area contributed by atoms with Crippen LogP contribution in [0.2, 0.25) is 0 Å². The van der Waals surface area contributed by atoms with E-state index in [2.05, 4.69) is 62.4 Å². The monoisotopic (exact) mass is 711 g/mol. The Balaban J connectivity index is 0.000000228. The molecule has 0 heterocycles. The lowest BCUT2D eigenvalue weighted by atomic mass is 9.77. The molecule has 52 heavy (non-hydrogen) atoms. The summed E-state index contributed by atoms with van der Waals surface area (Å²) >= 11 is 0. The van der Waals surface area contributed by atoms with Crippen molar-refractivity contribution in [1.29, 1.82) is 0 Å². The fourth-order valence-corrected chi connectivity index (χ4v) is 10.3. The van der Waals surface area contributed by atoms with Gasteiger partial charge in [0.25, 0.3) is 0 Å². The van der Waals surface area contributed by atoms with E-state index in [1.807, 2.05) is 6.26 Å². The summed E-state index contributed by atoms with van der Waals surface area (Å²) in [6.07, 6.45) is 35.3. The van der Waals surface area contributed by atoms with E-state index < -0.39 is 0 Å². The molecular weight excluding hydrogens is 633 g/mol. The van der Waals surface area contributed by atoms with Crippen molar-refractivity contribution in [2.75, 3.05) is 7.11 Å². The molecule has 6 rings (SSSR count). The molecule has 2 heteroatoms. The standard InChI is InChI=1S/C25H38O.C24H36O.CH4/c1-3-4-20-5-7-21(8-6-20)9-10-22-11-15-24(16-12-22)25-17-13-23(14-18-25)19-26-2;1-2-3-19-4-6-20(7-5-19)8-9-21-10-14-23(15-11-21)24-16-12-22(18-25)13-17-24;/h11-12,15-16,19-21,25H,3-10,13-14,17-18H2,1-2H3;10-11,14-15,18-20,22,24H,2-9,12-13,16-17H2,1H3;1H4. The van der Waals surface area contributed by atoms with Crippen molar-refractivity contribution in [1.82, 2.24) is 0 Å². The number of methoxy groups -OCH3 is 1. The van der Waals surface area contributed by atoms with Crippen LogP contribution in [0.1, 0.15) is 197 Å². The number of allylic oxidation sites excluding steroid dienone is 1. The van der Waals surface area contributed by atoms with Crippen LogP contribution in [0, 0.1) is 29.6 Å². The molecule has 4 saturated carbocycles. The van der Waals surface area contributed by atoms with Gasteiger partial charge in [-0.2, -0.15) is 0 Å². The molecule has 2 nitrogen and oxygen atoms in total. The molecule has 0 amide bonds. The number of hydrogen-bond donors (Lipinski definition) is 0. The van der Waals surface area contributed by atoms with Crippen molar-refractivity contribution >= 4 is 6.29 Å². The molecule has 2 aromatic rings. The normalized spacial score (nSPS) is 27.8. The Morgan fingerprint density at radius 1 is 0.538 bits per heavy atom. The molecular formula is C50H78O2. The van der Waals surface area contributed by atoms with Crippen LogP contribution in [0.3, 0.4) is 0 Å². The maximum absolute atomic E-state index is 10.9. The summed E-state index contributed by atoms with van der Waals surface area (Å²) in [4.78, 5) is 10.9. The Morgan fingerprint density at radius 3 is 1.29 bits per heavy atom. The van der Waals surface area contributed by atoms with E-state index in [0.717, 1.165) is 48.7 Å². The predicted octanol–water partition coefficient (Wildman–Crippen LogP) is 14.7. The molecule has 0 atom stereocenters. The molecule has 4 fully saturated rings. The zero-order valence-electron chi connectivity index (χ0n) is 33.1. The Kier molecular flexibility index (Phi) is 19.1. The van der Waals surface area contributed by atoms with Gasteiger partial charge in [-0.05, 0) is 140 Å². The number of carbonyl (C=O) groups excluding carboxylic acids is 1. The van der Waals surface area contributed by atoms with Gasteiger partial charge in [-0.25, -0.2) is 0 Å². The number of ether oxygens (including phenoxy) is 1. The average Bonchev–Trinajstić information content (AvgIpc) is 3.19. The van der Waals surface area contributed by atoms with Gasteiger partial charge >= 0.3 is 0 Å². The smallest absolute Gasteiger partial charge is 0.123 e. The highest BCUT2D eigenvalue weighted by molar-refractivity contribution is 5.53. The summed E-state index contributed by atoms with van der Waals surface area (Å²) in [7, 11) is 1.76. The Hall–Kier alpha value is -2.35. The molecule has 4 aliphatic rings. The van der Waals surface area contributed by atoms with E-state index in [9.17, 15) is 4.79 Å². The molecule has 0 N–H and O–H groups in total. The van der Waals surface area contributed by atoms with Crippen molar-refractivity contribution in [3.8, 4) is 0 Å². The zero-order chi connectivity index (χ0) is 35.7. The van der Waals surface area contributed by atoms with Crippen LogP contribution in [0.25, 0.3) is 0 Å². The van der Waals surface area contributed by atoms with Crippen LogP contribution < -0.4 is 0 Å². The minimum absolute atomic E-state index is 0. The van der Waals surface area contributed by atoms with Crippen LogP contribution in [0.5, 0.6) is 0 Å². The van der Waals surface area contributed by atoms with E-state index in [1.54, 1.807) is 18.2 Å². The van der Waals surface area contributed by atoms with Crippen LogP contribution in [0.4, 0.5) is 0 Å². The van der Waals surface area contributed by atoms with Crippen molar-refractivity contribution < 1.29 is 9.53 Å². The van der Waals surface area contributed by atoms with Gasteiger partial charge in [-0.1, -0.05) is 147 Å². The molecule has 0 aliphatic heterocycles. The fourth-order valence-electron chi connectivity index (χ4n) is 10.3. The largest absolute Gasteiger partial charge is 0.504 e. The van der Waals surface area contributed by atoms with E-state index >= 15 is 0 Å². The van der Waals surface area contributed by atoms with Crippen LogP contribution >= 0.6 is 0 Å². The number of aldehydes is 1. The molecule has 0 unspecified atom stereocenters. The van der Waals surface area contributed by atoms with E-state index in [4.69, 9.17) is 4.74 Å². The lowest BCUT2D eigenvalue weighted by Gasteiger charge is -2.28. The highest BCUT2D eigenvalue weighted by Crippen LogP contribution is 2.38. The number of aryl methyl sites for hydroxylation is 2. The predicted molar refractivity (Wildman–Crippen MR) is 224 cm³/mol. The van der Waals surface area contributed by atoms with E-state index in [0.29, 0.717) is 11.8 Å². The topological polar surface area (TPSA) is 26.3 Å². The van der Waals surface area contributed by atoms with Gasteiger partial charge in [-0.3, -0.25) is 0 Å². The number of rotatable bonds is 14. The first-order valence-electron chi connectivity index (χ1n) is 21.9. The number of carbonyl (C=O) groups is 1. The summed E-state index contributed by atoms with van der Waals surface area (Å²) in [6.45, 7) is 4.65. The lowest BCUT2D eigenvalue weighted by molar-refractivity contribution is -0.111. The second-order valence-corrected chi connectivity index (χ2v) is 17.4. The first-order chi connectivity index (χ1) is 25.1. The van der Waals surface area contributed by atoms with Crippen molar-refractivity contribution in [3.63, 3.8) is 0 Å².